The van der Waals surface area contributed by atoms with Crippen molar-refractivity contribution >= 4 is 17.5 Å². The topological polar surface area (TPSA) is 20.3 Å². The maximum atomic E-state index is 12.4. The van der Waals surface area contributed by atoms with Crippen LogP contribution in [0.15, 0.2) is 24.3 Å². The number of likely N-dealkylation sites (tertiary alicyclic amines) is 1. The third kappa shape index (κ3) is 2.81. The summed E-state index contributed by atoms with van der Waals surface area (Å²) in [4.78, 5) is 14.4. The first kappa shape index (κ1) is 12.4. The van der Waals surface area contributed by atoms with Gasteiger partial charge in [-0.15, -0.1) is 0 Å². The molecule has 3 heteroatoms. The Bertz CT molecular complexity index is 405. The third-order valence-electron chi connectivity index (χ3n) is 3.43. The van der Waals surface area contributed by atoms with E-state index in [1.165, 1.54) is 6.42 Å². The van der Waals surface area contributed by atoms with Crippen molar-refractivity contribution in [3.05, 3.63) is 34.9 Å². The summed E-state index contributed by atoms with van der Waals surface area (Å²) in [5.74, 6) is 0.124. The number of amides is 1. The van der Waals surface area contributed by atoms with Gasteiger partial charge in [0.15, 0.2) is 0 Å². The predicted molar refractivity (Wildman–Crippen MR) is 70.4 cm³/mol. The fourth-order valence-electron chi connectivity index (χ4n) is 2.48. The maximum Gasteiger partial charge on any atom is 0.254 e. The van der Waals surface area contributed by atoms with Gasteiger partial charge in [0, 0.05) is 23.2 Å². The second-order valence-electron chi connectivity index (χ2n) is 4.57. The van der Waals surface area contributed by atoms with E-state index < -0.39 is 0 Å². The predicted octanol–water partition coefficient (Wildman–Crippen LogP) is 3.74. The number of nitrogens with zero attached hydrogens (tertiary/aromatic N) is 1. The van der Waals surface area contributed by atoms with Crippen LogP contribution in [0.5, 0.6) is 0 Å². The lowest BCUT2D eigenvalue weighted by molar-refractivity contribution is 0.0608. The molecule has 1 heterocycles. The minimum absolute atomic E-state index is 0.124. The van der Waals surface area contributed by atoms with Crippen LogP contribution in [0.1, 0.15) is 43.0 Å². The van der Waals surface area contributed by atoms with Gasteiger partial charge in [-0.25, -0.2) is 0 Å². The van der Waals surface area contributed by atoms with E-state index in [9.17, 15) is 4.79 Å². The standard InChI is InChI=1S/C14H18ClNO/c1-2-13-8-3-4-9-16(13)14(17)11-6-5-7-12(15)10-11/h5-7,10,13H,2-4,8-9H2,1H3. The zero-order valence-electron chi connectivity index (χ0n) is 10.2. The molecule has 0 aliphatic carbocycles. The molecule has 1 fully saturated rings. The zero-order chi connectivity index (χ0) is 12.3. The summed E-state index contributed by atoms with van der Waals surface area (Å²) in [7, 11) is 0. The summed E-state index contributed by atoms with van der Waals surface area (Å²) in [6, 6.07) is 7.63. The molecule has 1 aliphatic rings. The smallest absolute Gasteiger partial charge is 0.254 e. The number of carbonyl (C=O) groups excluding carboxylic acids is 1. The van der Waals surface area contributed by atoms with Gasteiger partial charge in [0.1, 0.15) is 0 Å². The molecule has 2 rings (SSSR count). The van der Waals surface area contributed by atoms with Gasteiger partial charge in [-0.3, -0.25) is 4.79 Å². The van der Waals surface area contributed by atoms with Crippen molar-refractivity contribution in [3.63, 3.8) is 0 Å². The van der Waals surface area contributed by atoms with Gasteiger partial charge in [-0.1, -0.05) is 24.6 Å². The number of benzene rings is 1. The highest BCUT2D eigenvalue weighted by Crippen LogP contribution is 2.22. The van der Waals surface area contributed by atoms with Crippen molar-refractivity contribution in [3.8, 4) is 0 Å². The summed E-state index contributed by atoms with van der Waals surface area (Å²) in [5.41, 5.74) is 0.706. The first-order chi connectivity index (χ1) is 8.22. The SMILES string of the molecule is CCC1CCCCN1C(=O)c1cccc(Cl)c1. The summed E-state index contributed by atoms with van der Waals surface area (Å²) in [6.07, 6.45) is 4.51. The average Bonchev–Trinajstić information content (AvgIpc) is 2.38. The van der Waals surface area contributed by atoms with E-state index in [4.69, 9.17) is 11.6 Å². The Kier molecular flexibility index (Phi) is 4.06. The number of carbonyl (C=O) groups is 1. The van der Waals surface area contributed by atoms with Crippen molar-refractivity contribution < 1.29 is 4.79 Å². The van der Waals surface area contributed by atoms with Gasteiger partial charge in [-0.2, -0.15) is 0 Å². The molecule has 0 bridgehead atoms. The first-order valence-electron chi connectivity index (χ1n) is 6.29. The normalized spacial score (nSPS) is 20.4. The summed E-state index contributed by atoms with van der Waals surface area (Å²) in [5, 5.41) is 0.626. The Morgan fingerprint density at radius 2 is 2.29 bits per heavy atom. The van der Waals surface area contributed by atoms with Crippen LogP contribution < -0.4 is 0 Å². The molecule has 1 aromatic carbocycles. The Labute approximate surface area is 108 Å². The lowest BCUT2D eigenvalue weighted by Gasteiger charge is -2.35. The average molecular weight is 252 g/mol. The van der Waals surface area contributed by atoms with Crippen molar-refractivity contribution in [2.24, 2.45) is 0 Å². The molecule has 1 aliphatic heterocycles. The molecule has 1 unspecified atom stereocenters. The fraction of sp³-hybridized carbons (Fsp3) is 0.500. The van der Waals surface area contributed by atoms with E-state index >= 15 is 0 Å². The minimum Gasteiger partial charge on any atom is -0.336 e. The Balaban J connectivity index is 2.18. The van der Waals surface area contributed by atoms with E-state index in [1.807, 2.05) is 17.0 Å². The number of halogens is 1. The molecule has 2 nitrogen and oxygen atoms in total. The second-order valence-corrected chi connectivity index (χ2v) is 5.00. The lowest BCUT2D eigenvalue weighted by atomic mass is 9.99. The second kappa shape index (κ2) is 5.54. The van der Waals surface area contributed by atoms with Crippen molar-refractivity contribution in [2.75, 3.05) is 6.54 Å². The number of rotatable bonds is 2. The molecule has 1 atom stereocenters. The van der Waals surface area contributed by atoms with E-state index in [0.717, 1.165) is 25.8 Å². The van der Waals surface area contributed by atoms with Gasteiger partial charge < -0.3 is 4.90 Å². The van der Waals surface area contributed by atoms with Crippen LogP contribution in [0, 0.1) is 0 Å². The molecular weight excluding hydrogens is 234 g/mol. The Hall–Kier alpha value is -1.02. The van der Waals surface area contributed by atoms with Crippen LogP contribution in [0.3, 0.4) is 0 Å². The highest BCUT2D eigenvalue weighted by Gasteiger charge is 2.25. The monoisotopic (exact) mass is 251 g/mol. The summed E-state index contributed by atoms with van der Waals surface area (Å²) >= 11 is 5.93. The van der Waals surface area contributed by atoms with Crippen LogP contribution in [0.4, 0.5) is 0 Å². The summed E-state index contributed by atoms with van der Waals surface area (Å²) in [6.45, 7) is 3.03. The van der Waals surface area contributed by atoms with Gasteiger partial charge in [0.05, 0.1) is 0 Å². The minimum atomic E-state index is 0.124. The molecule has 0 aromatic heterocycles. The van der Waals surface area contributed by atoms with Gasteiger partial charge >= 0.3 is 0 Å². The first-order valence-corrected chi connectivity index (χ1v) is 6.66. The number of hydrogen-bond donors (Lipinski definition) is 0. The molecule has 0 saturated carbocycles. The molecule has 0 radical (unpaired) electrons. The largest absolute Gasteiger partial charge is 0.336 e. The molecule has 1 amide bonds. The quantitative estimate of drug-likeness (QED) is 0.784. The van der Waals surface area contributed by atoms with Gasteiger partial charge in [0.2, 0.25) is 0 Å². The lowest BCUT2D eigenvalue weighted by Crippen LogP contribution is -2.43. The highest BCUT2D eigenvalue weighted by atomic mass is 35.5. The molecule has 1 saturated heterocycles. The third-order valence-corrected chi connectivity index (χ3v) is 3.67. The number of hydrogen-bond acceptors (Lipinski definition) is 1. The molecule has 17 heavy (non-hydrogen) atoms. The van der Waals surface area contributed by atoms with Crippen molar-refractivity contribution in [1.82, 2.24) is 4.90 Å². The van der Waals surface area contributed by atoms with Crippen molar-refractivity contribution in [2.45, 2.75) is 38.6 Å². The fourth-order valence-corrected chi connectivity index (χ4v) is 2.67. The summed E-state index contributed by atoms with van der Waals surface area (Å²) < 4.78 is 0. The Morgan fingerprint density at radius 1 is 1.47 bits per heavy atom. The number of piperidine rings is 1. The van der Waals surface area contributed by atoms with Gasteiger partial charge in [0.25, 0.3) is 5.91 Å². The molecular formula is C14H18ClNO. The van der Waals surface area contributed by atoms with Crippen LogP contribution in [-0.2, 0) is 0 Å². The molecule has 0 N–H and O–H groups in total. The Morgan fingerprint density at radius 3 is 3.00 bits per heavy atom. The van der Waals surface area contributed by atoms with E-state index in [-0.39, 0.29) is 5.91 Å². The highest BCUT2D eigenvalue weighted by molar-refractivity contribution is 6.30. The van der Waals surface area contributed by atoms with E-state index in [2.05, 4.69) is 6.92 Å². The molecule has 0 spiro atoms. The molecule has 1 aromatic rings. The van der Waals surface area contributed by atoms with Crippen LogP contribution in [0.25, 0.3) is 0 Å². The van der Waals surface area contributed by atoms with Crippen LogP contribution in [0.2, 0.25) is 5.02 Å². The maximum absolute atomic E-state index is 12.4. The van der Waals surface area contributed by atoms with Crippen LogP contribution in [-0.4, -0.2) is 23.4 Å². The van der Waals surface area contributed by atoms with Crippen molar-refractivity contribution in [1.29, 1.82) is 0 Å². The van der Waals surface area contributed by atoms with Crippen LogP contribution >= 0.6 is 11.6 Å². The van der Waals surface area contributed by atoms with E-state index in [1.54, 1.807) is 12.1 Å². The van der Waals surface area contributed by atoms with Gasteiger partial charge in [-0.05, 0) is 43.9 Å². The van der Waals surface area contributed by atoms with E-state index in [0.29, 0.717) is 16.6 Å². The molecule has 92 valence electrons. The zero-order valence-corrected chi connectivity index (χ0v) is 10.9.